The summed E-state index contributed by atoms with van der Waals surface area (Å²) < 4.78 is 17.6. The second kappa shape index (κ2) is 3.41. The van der Waals surface area contributed by atoms with E-state index < -0.39 is 13.1 Å². The third-order valence-corrected chi connectivity index (χ3v) is 1.77. The second-order valence-corrected chi connectivity index (χ2v) is 2.87. The Balaban J connectivity index is 2.59. The Bertz CT molecular complexity index is 501. The Morgan fingerprint density at radius 3 is 2.87 bits per heavy atom. The van der Waals surface area contributed by atoms with Crippen LogP contribution >= 0.6 is 0 Å². The number of imidazole rings is 1. The van der Waals surface area contributed by atoms with Crippen molar-refractivity contribution in [1.29, 1.82) is 0 Å². The molecule has 0 aliphatic rings. The molecular formula is C7H7BFN3O3. The summed E-state index contributed by atoms with van der Waals surface area (Å²) in [4.78, 5) is 6.41. The monoisotopic (exact) mass is 211 g/mol. The molecule has 1 heterocycles. The zero-order valence-electron chi connectivity index (χ0n) is 7.44. The van der Waals surface area contributed by atoms with Gasteiger partial charge in [-0.2, -0.15) is 0 Å². The lowest BCUT2D eigenvalue weighted by Crippen LogP contribution is -2.20. The first-order chi connectivity index (χ1) is 7.06. The van der Waals surface area contributed by atoms with Gasteiger partial charge in [0.2, 0.25) is 0 Å². The van der Waals surface area contributed by atoms with Gasteiger partial charge in [0.1, 0.15) is 17.1 Å². The Morgan fingerprint density at radius 1 is 1.47 bits per heavy atom. The van der Waals surface area contributed by atoms with Crippen LogP contribution in [0.4, 0.5) is 10.3 Å². The quantitative estimate of drug-likeness (QED) is 0.507. The summed E-state index contributed by atoms with van der Waals surface area (Å²) in [5.74, 6) is -0.595. The zero-order chi connectivity index (χ0) is 11.0. The average Bonchev–Trinajstić information content (AvgIpc) is 2.44. The minimum atomic E-state index is -2.03. The van der Waals surface area contributed by atoms with E-state index in [1.807, 2.05) is 0 Å². The summed E-state index contributed by atoms with van der Waals surface area (Å²) in [6, 6.07) is 2.16. The maximum Gasteiger partial charge on any atom is 0.707 e. The van der Waals surface area contributed by atoms with Crippen LogP contribution in [0.25, 0.3) is 11.0 Å². The first-order valence-electron chi connectivity index (χ1n) is 4.04. The molecule has 2 rings (SSSR count). The van der Waals surface area contributed by atoms with Gasteiger partial charge in [0.15, 0.2) is 5.95 Å². The average molecular weight is 211 g/mol. The topological polar surface area (TPSA) is 104 Å². The maximum absolute atomic E-state index is 13.0. The summed E-state index contributed by atoms with van der Waals surface area (Å²) in [5, 5.41) is 17.2. The molecule has 0 aliphatic carbocycles. The molecule has 8 heteroatoms. The molecular weight excluding hydrogens is 204 g/mol. The number of H-pyrrole nitrogens is 1. The fraction of sp³-hybridized carbons (Fsp3) is 0. The molecule has 15 heavy (non-hydrogen) atoms. The number of fused-ring (bicyclic) bond motifs is 1. The van der Waals surface area contributed by atoms with Crippen LogP contribution in [0.5, 0.6) is 5.75 Å². The van der Waals surface area contributed by atoms with Crippen molar-refractivity contribution in [3.8, 4) is 5.75 Å². The molecule has 0 amide bonds. The molecule has 2 aromatic rings. The van der Waals surface area contributed by atoms with Crippen LogP contribution < -0.4 is 10.4 Å². The Morgan fingerprint density at radius 2 is 2.20 bits per heavy atom. The minimum absolute atomic E-state index is 0.0899. The summed E-state index contributed by atoms with van der Waals surface area (Å²) in [6.07, 6.45) is 0. The number of nitrogen functional groups attached to an aromatic ring is 1. The lowest BCUT2D eigenvalue weighted by atomic mass is 10.2. The maximum atomic E-state index is 13.0. The van der Waals surface area contributed by atoms with E-state index in [2.05, 4.69) is 14.6 Å². The van der Waals surface area contributed by atoms with E-state index in [1.165, 1.54) is 6.07 Å². The molecule has 0 aliphatic heterocycles. The second-order valence-electron chi connectivity index (χ2n) is 2.87. The molecule has 0 unspecified atom stereocenters. The van der Waals surface area contributed by atoms with Gasteiger partial charge in [-0.05, 0) is 6.07 Å². The van der Waals surface area contributed by atoms with Crippen LogP contribution in [0.3, 0.4) is 0 Å². The van der Waals surface area contributed by atoms with E-state index >= 15 is 0 Å². The summed E-state index contributed by atoms with van der Waals surface area (Å²) in [5.41, 5.74) is 5.93. The normalized spacial score (nSPS) is 10.6. The third kappa shape index (κ3) is 1.85. The first kappa shape index (κ1) is 9.75. The highest BCUT2D eigenvalue weighted by Gasteiger charge is 2.16. The molecule has 0 saturated heterocycles. The Hall–Kier alpha value is -1.80. The van der Waals surface area contributed by atoms with E-state index in [1.54, 1.807) is 0 Å². The predicted molar refractivity (Wildman–Crippen MR) is 51.3 cm³/mol. The highest BCUT2D eigenvalue weighted by molar-refractivity contribution is 6.34. The van der Waals surface area contributed by atoms with Crippen molar-refractivity contribution in [2.75, 3.05) is 5.73 Å². The molecule has 0 spiro atoms. The van der Waals surface area contributed by atoms with Crippen LogP contribution in [-0.4, -0.2) is 27.3 Å². The molecule has 0 saturated carbocycles. The number of nitrogens with zero attached hydrogens (tertiary/aromatic N) is 1. The number of halogens is 1. The molecule has 1 aromatic heterocycles. The number of rotatable bonds is 2. The molecule has 78 valence electrons. The van der Waals surface area contributed by atoms with Gasteiger partial charge >= 0.3 is 7.32 Å². The van der Waals surface area contributed by atoms with Gasteiger partial charge in [0.25, 0.3) is 0 Å². The lowest BCUT2D eigenvalue weighted by Gasteiger charge is -2.04. The van der Waals surface area contributed by atoms with Crippen LogP contribution in [0, 0.1) is 5.82 Å². The van der Waals surface area contributed by atoms with Crippen molar-refractivity contribution < 1.29 is 19.1 Å². The van der Waals surface area contributed by atoms with E-state index in [-0.39, 0.29) is 17.2 Å². The number of hydrogen-bond donors (Lipinski definition) is 4. The summed E-state index contributed by atoms with van der Waals surface area (Å²) >= 11 is 0. The van der Waals surface area contributed by atoms with E-state index in [0.717, 1.165) is 6.07 Å². The smallest absolute Gasteiger partial charge is 0.510 e. The highest BCUT2D eigenvalue weighted by Crippen LogP contribution is 2.26. The van der Waals surface area contributed by atoms with Gasteiger partial charge < -0.3 is 25.4 Å². The summed E-state index contributed by atoms with van der Waals surface area (Å²) in [6.45, 7) is 0. The summed E-state index contributed by atoms with van der Waals surface area (Å²) in [7, 11) is -2.03. The van der Waals surface area contributed by atoms with Crippen molar-refractivity contribution >= 4 is 24.3 Å². The standard InChI is InChI=1S/C7H7BFN3O3/c9-3-1-4-6(12-7(10)11-4)5(2-3)15-8(13)14/h1-2,13-14H,(H3,10,11,12). The van der Waals surface area contributed by atoms with Gasteiger partial charge in [-0.3, -0.25) is 0 Å². The number of nitrogens with one attached hydrogen (secondary N) is 1. The van der Waals surface area contributed by atoms with Gasteiger partial charge in [0, 0.05) is 6.07 Å². The number of aromatic nitrogens is 2. The SMILES string of the molecule is Nc1nc2c(OB(O)O)cc(F)cc2[nH]1. The van der Waals surface area contributed by atoms with Crippen molar-refractivity contribution in [2.24, 2.45) is 0 Å². The molecule has 5 N–H and O–H groups in total. The van der Waals surface area contributed by atoms with Crippen LogP contribution in [0.2, 0.25) is 0 Å². The number of aromatic amines is 1. The van der Waals surface area contributed by atoms with E-state index in [0.29, 0.717) is 5.52 Å². The van der Waals surface area contributed by atoms with Crippen molar-refractivity contribution in [2.45, 2.75) is 0 Å². The number of hydrogen-bond acceptors (Lipinski definition) is 5. The molecule has 0 bridgehead atoms. The van der Waals surface area contributed by atoms with E-state index in [9.17, 15) is 4.39 Å². The van der Waals surface area contributed by atoms with Crippen LogP contribution in [0.15, 0.2) is 12.1 Å². The predicted octanol–water partition coefficient (Wildman–Crippen LogP) is -0.368. The van der Waals surface area contributed by atoms with Gasteiger partial charge in [-0.25, -0.2) is 9.37 Å². The minimum Gasteiger partial charge on any atom is -0.510 e. The number of nitrogens with two attached hydrogens (primary N) is 1. The molecule has 6 nitrogen and oxygen atoms in total. The molecule has 0 fully saturated rings. The van der Waals surface area contributed by atoms with Crippen LogP contribution in [-0.2, 0) is 0 Å². The Kier molecular flexibility index (Phi) is 2.21. The fourth-order valence-electron chi connectivity index (χ4n) is 1.27. The zero-order valence-corrected chi connectivity index (χ0v) is 7.44. The van der Waals surface area contributed by atoms with Gasteiger partial charge in [0.05, 0.1) is 5.52 Å². The Labute approximate surface area is 83.7 Å². The molecule has 0 atom stereocenters. The third-order valence-electron chi connectivity index (χ3n) is 1.77. The fourth-order valence-corrected chi connectivity index (χ4v) is 1.27. The number of anilines is 1. The van der Waals surface area contributed by atoms with Crippen molar-refractivity contribution in [3.05, 3.63) is 17.9 Å². The van der Waals surface area contributed by atoms with Gasteiger partial charge in [-0.1, -0.05) is 0 Å². The molecule has 0 radical (unpaired) electrons. The highest BCUT2D eigenvalue weighted by atomic mass is 19.1. The van der Waals surface area contributed by atoms with Crippen molar-refractivity contribution in [1.82, 2.24) is 9.97 Å². The van der Waals surface area contributed by atoms with E-state index in [4.69, 9.17) is 15.8 Å². The molecule has 1 aromatic carbocycles. The first-order valence-corrected chi connectivity index (χ1v) is 4.04. The van der Waals surface area contributed by atoms with Gasteiger partial charge in [-0.15, -0.1) is 0 Å². The lowest BCUT2D eigenvalue weighted by molar-refractivity contribution is 0.289. The largest absolute Gasteiger partial charge is 0.707 e. The van der Waals surface area contributed by atoms with Crippen LogP contribution in [0.1, 0.15) is 0 Å². The number of benzene rings is 1. The van der Waals surface area contributed by atoms with Crippen molar-refractivity contribution in [3.63, 3.8) is 0 Å².